The van der Waals surface area contributed by atoms with Crippen LogP contribution in [0, 0.1) is 0 Å². The van der Waals surface area contributed by atoms with E-state index in [1.54, 1.807) is 0 Å². The van der Waals surface area contributed by atoms with Crippen molar-refractivity contribution in [1.29, 1.82) is 0 Å². The molecule has 1 atom stereocenters. The first-order valence-corrected chi connectivity index (χ1v) is 5.97. The number of alkyl halides is 5. The Morgan fingerprint density at radius 1 is 1.29 bits per heavy atom. The minimum atomic E-state index is -6.46. The van der Waals surface area contributed by atoms with Gasteiger partial charge >= 0.3 is 57.1 Å². The van der Waals surface area contributed by atoms with Crippen LogP contribution in [0.25, 0.3) is 0 Å². The Bertz CT molecular complexity index is 581. The van der Waals surface area contributed by atoms with E-state index in [2.05, 4.69) is 9.15 Å². The Balaban J connectivity index is 0.00000400. The maximum absolute atomic E-state index is 13.0. The van der Waals surface area contributed by atoms with E-state index in [0.29, 0.717) is 0 Å². The molecular formula is C8H6F5NaO6S. The summed E-state index contributed by atoms with van der Waals surface area (Å²) >= 11 is 0. The second-order valence-electron chi connectivity index (χ2n) is 3.34. The first kappa shape index (κ1) is 20.3. The molecular weight excluding hydrogens is 342 g/mol. The van der Waals surface area contributed by atoms with Gasteiger partial charge in [-0.2, -0.15) is 30.4 Å². The van der Waals surface area contributed by atoms with Crippen LogP contribution in [-0.4, -0.2) is 66.0 Å². The average Bonchev–Trinajstić information content (AvgIpc) is 2.75. The van der Waals surface area contributed by atoms with Crippen LogP contribution in [0.5, 0.6) is 0 Å². The third-order valence-corrected chi connectivity index (χ3v) is 2.80. The fourth-order valence-corrected chi connectivity index (χ4v) is 1.47. The molecule has 0 radical (unpaired) electrons. The van der Waals surface area contributed by atoms with Gasteiger partial charge in [0, 0.05) is 0 Å². The number of hydrogen-bond donors (Lipinski definition) is 1. The zero-order chi connectivity index (χ0) is 15.8. The van der Waals surface area contributed by atoms with Crippen LogP contribution < -0.4 is 0 Å². The fourth-order valence-electron chi connectivity index (χ4n) is 1.02. The van der Waals surface area contributed by atoms with Gasteiger partial charge in [0.2, 0.25) is 5.76 Å². The van der Waals surface area contributed by atoms with Crippen molar-refractivity contribution in [3.8, 4) is 0 Å². The van der Waals surface area contributed by atoms with Crippen molar-refractivity contribution in [2.45, 2.75) is 17.5 Å². The second kappa shape index (κ2) is 6.60. The minimum absolute atomic E-state index is 0. The quantitative estimate of drug-likeness (QED) is 0.380. The molecule has 1 N–H and O–H groups in total. The molecule has 6 nitrogen and oxygen atoms in total. The maximum atomic E-state index is 13.0. The van der Waals surface area contributed by atoms with E-state index < -0.39 is 39.4 Å². The zero-order valence-electron chi connectivity index (χ0n) is 9.10. The van der Waals surface area contributed by atoms with Crippen molar-refractivity contribution in [2.24, 2.45) is 0 Å². The summed E-state index contributed by atoms with van der Waals surface area (Å²) in [5.74, 6) is -2.83. The van der Waals surface area contributed by atoms with E-state index in [1.165, 1.54) is 0 Å². The molecule has 0 aliphatic rings. The molecule has 116 valence electrons. The van der Waals surface area contributed by atoms with Gasteiger partial charge in [0.25, 0.3) is 6.10 Å². The summed E-state index contributed by atoms with van der Waals surface area (Å²) in [6.07, 6.45) is -9.48. The molecule has 1 aromatic heterocycles. The molecule has 1 unspecified atom stereocenters. The summed E-state index contributed by atoms with van der Waals surface area (Å²) in [4.78, 5) is 11.1. The molecule has 0 fully saturated rings. The fraction of sp³-hybridized carbons (Fsp3) is 0.375. The van der Waals surface area contributed by atoms with Crippen LogP contribution in [-0.2, 0) is 14.9 Å². The summed E-state index contributed by atoms with van der Waals surface area (Å²) in [7, 11) is -6.46. The van der Waals surface area contributed by atoms with Crippen molar-refractivity contribution in [3.63, 3.8) is 0 Å². The van der Waals surface area contributed by atoms with E-state index in [1.807, 2.05) is 0 Å². The van der Waals surface area contributed by atoms with Gasteiger partial charge in [-0.15, -0.1) is 0 Å². The number of ether oxygens (including phenoxy) is 1. The molecule has 21 heavy (non-hydrogen) atoms. The van der Waals surface area contributed by atoms with E-state index in [-0.39, 0.29) is 29.6 Å². The molecule has 1 aromatic rings. The van der Waals surface area contributed by atoms with Gasteiger partial charge < -0.3 is 9.15 Å². The number of hydrogen-bond acceptors (Lipinski definition) is 5. The van der Waals surface area contributed by atoms with Gasteiger partial charge in [0.1, 0.15) is 0 Å². The van der Waals surface area contributed by atoms with Crippen LogP contribution in [0.1, 0.15) is 10.6 Å². The third-order valence-electron chi connectivity index (χ3n) is 1.89. The van der Waals surface area contributed by atoms with Crippen molar-refractivity contribution < 1.29 is 48.9 Å². The van der Waals surface area contributed by atoms with Gasteiger partial charge in [-0.3, -0.25) is 4.55 Å². The van der Waals surface area contributed by atoms with E-state index in [0.717, 1.165) is 18.4 Å². The van der Waals surface area contributed by atoms with Crippen LogP contribution in [0.2, 0.25) is 0 Å². The predicted molar refractivity (Wildman–Crippen MR) is 57.6 cm³/mol. The molecule has 0 aliphatic carbocycles. The SMILES string of the molecule is O=C(OC(C(F)(F)F)C(F)(F)S(=O)(=O)O)c1ccco1.[NaH]. The molecule has 0 saturated heterocycles. The number of carbonyl (C=O) groups excluding carboxylic acids is 1. The van der Waals surface area contributed by atoms with E-state index in [9.17, 15) is 35.2 Å². The molecule has 0 aliphatic heterocycles. The normalized spacial score (nSPS) is 14.2. The summed E-state index contributed by atoms with van der Waals surface area (Å²) in [5.41, 5.74) is 0. The van der Waals surface area contributed by atoms with Gasteiger partial charge in [-0.25, -0.2) is 4.79 Å². The van der Waals surface area contributed by atoms with Crippen LogP contribution in [0.15, 0.2) is 22.8 Å². The van der Waals surface area contributed by atoms with Gasteiger partial charge in [0.05, 0.1) is 6.26 Å². The zero-order valence-corrected chi connectivity index (χ0v) is 9.91. The summed E-state index contributed by atoms with van der Waals surface area (Å²) < 4.78 is 99.7. The first-order valence-electron chi connectivity index (χ1n) is 4.53. The summed E-state index contributed by atoms with van der Waals surface area (Å²) in [6.45, 7) is 0. The molecule has 0 saturated carbocycles. The standard InChI is InChI=1S/C8H5F5O6S.Na.H/c9-7(10,11)6(8(12,13)20(15,16)17)19-5(14)4-2-1-3-18-4;;/h1-3,6H,(H,15,16,17);;. The van der Waals surface area contributed by atoms with E-state index in [4.69, 9.17) is 4.55 Å². The predicted octanol–water partition coefficient (Wildman–Crippen LogP) is 1.20. The molecule has 0 bridgehead atoms. The third kappa shape index (κ3) is 4.64. The Morgan fingerprint density at radius 3 is 2.14 bits per heavy atom. The van der Waals surface area contributed by atoms with Crippen molar-refractivity contribution >= 4 is 45.6 Å². The Hall–Kier alpha value is -0.690. The first-order chi connectivity index (χ1) is 8.87. The molecule has 1 heterocycles. The topological polar surface area (TPSA) is 93.8 Å². The molecule has 1 rings (SSSR count). The van der Waals surface area contributed by atoms with Crippen LogP contribution in [0.4, 0.5) is 22.0 Å². The van der Waals surface area contributed by atoms with Crippen LogP contribution >= 0.6 is 0 Å². The molecule has 13 heteroatoms. The summed E-state index contributed by atoms with van der Waals surface area (Å²) in [6, 6.07) is 1.86. The Morgan fingerprint density at radius 2 is 1.81 bits per heavy atom. The molecule has 0 aromatic carbocycles. The van der Waals surface area contributed by atoms with E-state index >= 15 is 0 Å². The van der Waals surface area contributed by atoms with Crippen molar-refractivity contribution in [3.05, 3.63) is 24.2 Å². The van der Waals surface area contributed by atoms with Gasteiger partial charge in [-0.05, 0) is 12.1 Å². The van der Waals surface area contributed by atoms with Gasteiger partial charge in [-0.1, -0.05) is 0 Å². The van der Waals surface area contributed by atoms with Crippen molar-refractivity contribution in [1.82, 2.24) is 0 Å². The number of halogens is 5. The molecule has 0 spiro atoms. The Kier molecular flexibility index (Phi) is 6.39. The van der Waals surface area contributed by atoms with Gasteiger partial charge in [0.15, 0.2) is 0 Å². The molecule has 0 amide bonds. The number of carbonyl (C=O) groups is 1. The van der Waals surface area contributed by atoms with Crippen molar-refractivity contribution in [2.75, 3.05) is 0 Å². The Labute approximate surface area is 136 Å². The number of rotatable bonds is 4. The monoisotopic (exact) mass is 348 g/mol. The number of esters is 1. The second-order valence-corrected chi connectivity index (χ2v) is 4.84. The van der Waals surface area contributed by atoms with Crippen LogP contribution in [0.3, 0.4) is 0 Å². The average molecular weight is 348 g/mol. The summed E-state index contributed by atoms with van der Waals surface area (Å²) in [5, 5.41) is -5.77. The number of furan rings is 1.